The van der Waals surface area contributed by atoms with Gasteiger partial charge in [-0.05, 0) is 37.3 Å². The van der Waals surface area contributed by atoms with E-state index in [4.69, 9.17) is 25.8 Å². The van der Waals surface area contributed by atoms with Gasteiger partial charge in [0.15, 0.2) is 11.5 Å². The van der Waals surface area contributed by atoms with Crippen LogP contribution < -0.4 is 19.5 Å². The predicted octanol–water partition coefficient (Wildman–Crippen LogP) is 4.08. The number of halogens is 1. The summed E-state index contributed by atoms with van der Waals surface area (Å²) in [6.45, 7) is 3.49. The van der Waals surface area contributed by atoms with Crippen molar-refractivity contribution in [2.45, 2.75) is 13.5 Å². The summed E-state index contributed by atoms with van der Waals surface area (Å²) < 4.78 is 16.3. The Morgan fingerprint density at radius 3 is 2.86 bits per heavy atom. The number of ether oxygens (including phenoxy) is 3. The fraction of sp³-hybridized carbons (Fsp3) is 0.250. The van der Waals surface area contributed by atoms with Crippen molar-refractivity contribution < 1.29 is 14.2 Å². The van der Waals surface area contributed by atoms with Crippen LogP contribution in [0.3, 0.4) is 0 Å². The van der Waals surface area contributed by atoms with E-state index in [1.165, 1.54) is 0 Å². The topological polar surface area (TPSA) is 39.7 Å². The lowest BCUT2D eigenvalue weighted by atomic mass is 10.2. The number of hydrogen-bond donors (Lipinski definition) is 1. The van der Waals surface area contributed by atoms with Crippen molar-refractivity contribution in [3.63, 3.8) is 0 Å². The molecule has 0 aliphatic carbocycles. The van der Waals surface area contributed by atoms with Gasteiger partial charge in [-0.15, -0.1) is 0 Å². The summed E-state index contributed by atoms with van der Waals surface area (Å²) in [5.41, 5.74) is 1.98. The van der Waals surface area contributed by atoms with Gasteiger partial charge in [-0.2, -0.15) is 0 Å². The second-order valence-corrected chi connectivity index (χ2v) is 5.04. The van der Waals surface area contributed by atoms with Crippen molar-refractivity contribution >= 4 is 17.3 Å². The van der Waals surface area contributed by atoms with Crippen LogP contribution in [0.4, 0.5) is 5.69 Å². The first kappa shape index (κ1) is 13.9. The van der Waals surface area contributed by atoms with Gasteiger partial charge in [0, 0.05) is 28.9 Å². The highest BCUT2D eigenvalue weighted by Gasteiger charge is 2.13. The van der Waals surface area contributed by atoms with E-state index in [1.807, 2.05) is 43.3 Å². The highest BCUT2D eigenvalue weighted by molar-refractivity contribution is 6.30. The molecule has 2 aromatic rings. The minimum Gasteiger partial charge on any atom is -0.494 e. The molecule has 5 heteroatoms. The molecule has 0 saturated heterocycles. The number of anilines is 1. The van der Waals surface area contributed by atoms with Crippen LogP contribution in [0.25, 0.3) is 0 Å². The van der Waals surface area contributed by atoms with E-state index in [0.717, 1.165) is 28.5 Å². The van der Waals surface area contributed by atoms with E-state index < -0.39 is 0 Å². The van der Waals surface area contributed by atoms with E-state index in [0.29, 0.717) is 18.2 Å². The van der Waals surface area contributed by atoms with Crippen LogP contribution >= 0.6 is 11.6 Å². The predicted molar refractivity (Wildman–Crippen MR) is 82.5 cm³/mol. The molecule has 0 aromatic heterocycles. The Kier molecular flexibility index (Phi) is 4.06. The number of rotatable bonds is 5. The van der Waals surface area contributed by atoms with Crippen LogP contribution in [0.15, 0.2) is 36.4 Å². The largest absolute Gasteiger partial charge is 0.494 e. The fourth-order valence-electron chi connectivity index (χ4n) is 2.19. The quantitative estimate of drug-likeness (QED) is 0.903. The Balaban J connectivity index is 1.74. The van der Waals surface area contributed by atoms with Gasteiger partial charge in [0.05, 0.1) is 6.61 Å². The molecule has 1 N–H and O–H groups in total. The van der Waals surface area contributed by atoms with Gasteiger partial charge in [0.1, 0.15) is 5.75 Å². The second-order valence-electron chi connectivity index (χ2n) is 4.61. The molecular formula is C16H16ClNO3. The van der Waals surface area contributed by atoms with Crippen LogP contribution in [-0.2, 0) is 6.54 Å². The van der Waals surface area contributed by atoms with Gasteiger partial charge in [-0.25, -0.2) is 0 Å². The first-order chi connectivity index (χ1) is 10.3. The van der Waals surface area contributed by atoms with Crippen LogP contribution in [0.5, 0.6) is 17.2 Å². The average Bonchev–Trinajstić information content (AvgIpc) is 2.95. The Hall–Kier alpha value is -2.07. The Morgan fingerprint density at radius 1 is 1.14 bits per heavy atom. The van der Waals surface area contributed by atoms with Crippen LogP contribution in [-0.4, -0.2) is 13.4 Å². The fourth-order valence-corrected chi connectivity index (χ4v) is 2.38. The summed E-state index contributed by atoms with van der Waals surface area (Å²) >= 11 is 6.06. The van der Waals surface area contributed by atoms with Crippen molar-refractivity contribution in [3.8, 4) is 17.2 Å². The third kappa shape index (κ3) is 3.16. The first-order valence-electron chi connectivity index (χ1n) is 6.81. The van der Waals surface area contributed by atoms with Crippen molar-refractivity contribution in [2.75, 3.05) is 18.7 Å². The first-order valence-corrected chi connectivity index (χ1v) is 7.19. The molecule has 21 heavy (non-hydrogen) atoms. The lowest BCUT2D eigenvalue weighted by Crippen LogP contribution is -2.03. The maximum atomic E-state index is 6.06. The van der Waals surface area contributed by atoms with Crippen molar-refractivity contribution in [1.82, 2.24) is 0 Å². The van der Waals surface area contributed by atoms with E-state index >= 15 is 0 Å². The monoisotopic (exact) mass is 305 g/mol. The summed E-state index contributed by atoms with van der Waals surface area (Å²) in [6, 6.07) is 11.4. The van der Waals surface area contributed by atoms with Crippen LogP contribution in [0.2, 0.25) is 5.02 Å². The maximum absolute atomic E-state index is 6.06. The lowest BCUT2D eigenvalue weighted by Gasteiger charge is -2.12. The standard InChI is InChI=1S/C16H16ClNO3/c1-2-19-14-5-3-12(17)7-11(14)9-18-13-4-6-15-16(8-13)21-10-20-15/h3-8,18H,2,9-10H2,1H3. The van der Waals surface area contributed by atoms with Gasteiger partial charge in [0.25, 0.3) is 0 Å². The number of fused-ring (bicyclic) bond motifs is 1. The maximum Gasteiger partial charge on any atom is 0.231 e. The van der Waals surface area contributed by atoms with Gasteiger partial charge >= 0.3 is 0 Å². The molecule has 0 unspecified atom stereocenters. The van der Waals surface area contributed by atoms with Crippen molar-refractivity contribution in [1.29, 1.82) is 0 Å². The van der Waals surface area contributed by atoms with Gasteiger partial charge in [0.2, 0.25) is 6.79 Å². The Bertz CT molecular complexity index is 645. The molecule has 3 rings (SSSR count). The molecule has 0 bridgehead atoms. The van der Waals surface area contributed by atoms with Gasteiger partial charge in [-0.3, -0.25) is 0 Å². The Morgan fingerprint density at radius 2 is 2.00 bits per heavy atom. The molecule has 0 atom stereocenters. The minimum atomic E-state index is 0.279. The average molecular weight is 306 g/mol. The molecule has 1 aliphatic heterocycles. The SMILES string of the molecule is CCOc1ccc(Cl)cc1CNc1ccc2c(c1)OCO2. The molecule has 1 aliphatic rings. The number of hydrogen-bond acceptors (Lipinski definition) is 4. The van der Waals surface area contributed by atoms with Crippen LogP contribution in [0, 0.1) is 0 Å². The molecule has 0 spiro atoms. The molecule has 0 saturated carbocycles. The van der Waals surface area contributed by atoms with Gasteiger partial charge < -0.3 is 19.5 Å². The molecule has 0 amide bonds. The van der Waals surface area contributed by atoms with Crippen molar-refractivity contribution in [3.05, 3.63) is 47.0 Å². The molecule has 2 aromatic carbocycles. The molecule has 110 valence electrons. The smallest absolute Gasteiger partial charge is 0.231 e. The van der Waals surface area contributed by atoms with E-state index in [1.54, 1.807) is 0 Å². The van der Waals surface area contributed by atoms with E-state index in [-0.39, 0.29) is 6.79 Å². The summed E-state index contributed by atoms with van der Waals surface area (Å²) in [7, 11) is 0. The highest BCUT2D eigenvalue weighted by atomic mass is 35.5. The Labute approximate surface area is 128 Å². The van der Waals surface area contributed by atoms with E-state index in [9.17, 15) is 0 Å². The molecule has 4 nitrogen and oxygen atoms in total. The summed E-state index contributed by atoms with van der Waals surface area (Å²) in [5, 5.41) is 4.04. The van der Waals surface area contributed by atoms with Gasteiger partial charge in [-0.1, -0.05) is 11.6 Å². The zero-order chi connectivity index (χ0) is 14.7. The highest BCUT2D eigenvalue weighted by Crippen LogP contribution is 2.34. The normalized spacial score (nSPS) is 12.3. The molecule has 1 heterocycles. The summed E-state index contributed by atoms with van der Waals surface area (Å²) in [6.07, 6.45) is 0. The lowest BCUT2D eigenvalue weighted by molar-refractivity contribution is 0.174. The zero-order valence-electron chi connectivity index (χ0n) is 11.7. The zero-order valence-corrected chi connectivity index (χ0v) is 12.4. The third-order valence-electron chi connectivity index (χ3n) is 3.18. The summed E-state index contributed by atoms with van der Waals surface area (Å²) in [4.78, 5) is 0. The molecule has 0 fully saturated rings. The molecular weight excluding hydrogens is 290 g/mol. The third-order valence-corrected chi connectivity index (χ3v) is 3.41. The van der Waals surface area contributed by atoms with Crippen molar-refractivity contribution in [2.24, 2.45) is 0 Å². The second kappa shape index (κ2) is 6.14. The number of nitrogens with one attached hydrogen (secondary N) is 1. The van der Waals surface area contributed by atoms with Crippen LogP contribution in [0.1, 0.15) is 12.5 Å². The molecule has 0 radical (unpaired) electrons. The minimum absolute atomic E-state index is 0.279. The summed E-state index contributed by atoms with van der Waals surface area (Å²) in [5.74, 6) is 2.38. The number of benzene rings is 2. The van der Waals surface area contributed by atoms with E-state index in [2.05, 4.69) is 5.32 Å².